The molecular weight excluding hydrogens is 642 g/mol. The standard InChI is InChI=1S/C34H34ClN5O4S2/c1-21-5-7-25(36-19-21)33(27-20-40(11-14-44-27)32(42)18-35)37-22-6-8-28-30(15-22)45-29-4-2-3-24(34(29)46-28)26-16-23(17-31(41)38-26)39-9-12-43-13-10-39/h2-8,15-17,19,27,33,37H,9-14,18,20H2,1H3,(H,38,41). The van der Waals surface area contributed by atoms with E-state index >= 15 is 0 Å². The smallest absolute Gasteiger partial charge is 0.250 e. The number of aromatic amines is 1. The van der Waals surface area contributed by atoms with Gasteiger partial charge in [-0.3, -0.25) is 14.6 Å². The number of rotatable bonds is 7. The van der Waals surface area contributed by atoms with Gasteiger partial charge in [-0.05, 0) is 48.9 Å². The molecule has 238 valence electrons. The van der Waals surface area contributed by atoms with Crippen molar-refractivity contribution in [3.05, 3.63) is 88.5 Å². The Morgan fingerprint density at radius 1 is 1.04 bits per heavy atom. The lowest BCUT2D eigenvalue weighted by molar-refractivity contribution is -0.136. The third-order valence-corrected chi connectivity index (χ3v) is 11.2. The van der Waals surface area contributed by atoms with Crippen LogP contribution in [0.3, 0.4) is 0 Å². The van der Waals surface area contributed by atoms with Crippen LogP contribution in [-0.4, -0.2) is 78.8 Å². The van der Waals surface area contributed by atoms with Gasteiger partial charge in [-0.2, -0.15) is 0 Å². The van der Waals surface area contributed by atoms with Crippen LogP contribution in [0.1, 0.15) is 17.3 Å². The number of amides is 1. The molecule has 0 aliphatic carbocycles. The number of carbonyl (C=O) groups excluding carboxylic acids is 1. The number of aromatic nitrogens is 2. The third kappa shape index (κ3) is 6.65. The van der Waals surface area contributed by atoms with E-state index in [2.05, 4.69) is 51.6 Å². The number of pyridine rings is 2. The fourth-order valence-electron chi connectivity index (χ4n) is 5.97. The molecule has 0 radical (unpaired) electrons. The number of anilines is 2. The summed E-state index contributed by atoms with van der Waals surface area (Å²) in [6.07, 6.45) is 1.56. The molecule has 0 bridgehead atoms. The van der Waals surface area contributed by atoms with Crippen LogP contribution in [0.25, 0.3) is 11.3 Å². The molecule has 9 nitrogen and oxygen atoms in total. The van der Waals surface area contributed by atoms with Gasteiger partial charge in [-0.15, -0.1) is 11.6 Å². The second-order valence-corrected chi connectivity index (χ2v) is 13.9. The summed E-state index contributed by atoms with van der Waals surface area (Å²) in [5.41, 5.74) is 5.47. The van der Waals surface area contributed by atoms with Crippen molar-refractivity contribution in [1.82, 2.24) is 14.9 Å². The summed E-state index contributed by atoms with van der Waals surface area (Å²) in [6.45, 7) is 6.25. The number of benzene rings is 2. The van der Waals surface area contributed by atoms with Crippen LogP contribution in [0.5, 0.6) is 0 Å². The molecule has 5 heterocycles. The van der Waals surface area contributed by atoms with Crippen molar-refractivity contribution < 1.29 is 14.3 Å². The minimum Gasteiger partial charge on any atom is -0.378 e. The van der Waals surface area contributed by atoms with Gasteiger partial charge >= 0.3 is 0 Å². The van der Waals surface area contributed by atoms with Crippen LogP contribution in [0.15, 0.2) is 91.2 Å². The molecule has 12 heteroatoms. The predicted molar refractivity (Wildman–Crippen MR) is 183 cm³/mol. The van der Waals surface area contributed by atoms with Gasteiger partial charge in [0.1, 0.15) is 12.0 Å². The predicted octanol–water partition coefficient (Wildman–Crippen LogP) is 5.82. The van der Waals surface area contributed by atoms with Crippen molar-refractivity contribution in [1.29, 1.82) is 0 Å². The first-order valence-electron chi connectivity index (χ1n) is 15.3. The van der Waals surface area contributed by atoms with Crippen LogP contribution in [0.4, 0.5) is 11.4 Å². The maximum Gasteiger partial charge on any atom is 0.250 e. The number of halogens is 1. The molecule has 7 rings (SSSR count). The van der Waals surface area contributed by atoms with Gasteiger partial charge in [0.15, 0.2) is 0 Å². The van der Waals surface area contributed by atoms with E-state index < -0.39 is 0 Å². The molecule has 2 aromatic heterocycles. The summed E-state index contributed by atoms with van der Waals surface area (Å²) < 4.78 is 11.7. The highest BCUT2D eigenvalue weighted by Gasteiger charge is 2.32. The fourth-order valence-corrected chi connectivity index (χ4v) is 8.55. The Hall–Kier alpha value is -3.48. The van der Waals surface area contributed by atoms with Crippen LogP contribution in [-0.2, 0) is 14.3 Å². The van der Waals surface area contributed by atoms with Gasteiger partial charge in [0.2, 0.25) is 11.5 Å². The van der Waals surface area contributed by atoms with E-state index in [1.54, 1.807) is 34.5 Å². The summed E-state index contributed by atoms with van der Waals surface area (Å²) in [5, 5.41) is 3.68. The van der Waals surface area contributed by atoms with E-state index in [9.17, 15) is 9.59 Å². The molecule has 3 aliphatic rings. The average Bonchev–Trinajstić information content (AvgIpc) is 3.09. The molecule has 2 saturated heterocycles. The summed E-state index contributed by atoms with van der Waals surface area (Å²) >= 11 is 9.31. The highest BCUT2D eigenvalue weighted by molar-refractivity contribution is 8.05. The first-order valence-corrected chi connectivity index (χ1v) is 17.5. The highest BCUT2D eigenvalue weighted by atomic mass is 35.5. The first-order chi connectivity index (χ1) is 22.4. The maximum absolute atomic E-state index is 12.7. The molecule has 3 aliphatic heterocycles. The van der Waals surface area contributed by atoms with E-state index in [1.807, 2.05) is 31.3 Å². The number of hydrogen-bond acceptors (Lipinski definition) is 9. The van der Waals surface area contributed by atoms with Crippen LogP contribution in [0.2, 0.25) is 0 Å². The summed E-state index contributed by atoms with van der Waals surface area (Å²) in [4.78, 5) is 41.5. The molecule has 4 aromatic rings. The molecule has 46 heavy (non-hydrogen) atoms. The molecular formula is C34H34ClN5O4S2. The Morgan fingerprint density at radius 2 is 1.91 bits per heavy atom. The molecule has 1 amide bonds. The van der Waals surface area contributed by atoms with Crippen molar-refractivity contribution in [3.8, 4) is 11.3 Å². The minimum atomic E-state index is -0.298. The van der Waals surface area contributed by atoms with Crippen LogP contribution < -0.4 is 15.8 Å². The molecule has 2 unspecified atom stereocenters. The van der Waals surface area contributed by atoms with E-state index in [4.69, 9.17) is 26.1 Å². The Morgan fingerprint density at radius 3 is 2.72 bits per heavy atom. The topological polar surface area (TPSA) is 99.8 Å². The number of morpholine rings is 2. The second kappa shape index (κ2) is 13.7. The average molecular weight is 676 g/mol. The minimum absolute atomic E-state index is 0.0497. The number of fused-ring (bicyclic) bond motifs is 2. The van der Waals surface area contributed by atoms with Crippen molar-refractivity contribution in [2.75, 3.05) is 62.1 Å². The lowest BCUT2D eigenvalue weighted by atomic mass is 10.0. The Kier molecular flexibility index (Phi) is 9.28. The van der Waals surface area contributed by atoms with Gasteiger partial charge in [0.05, 0.1) is 37.3 Å². The fraction of sp³-hybridized carbons (Fsp3) is 0.324. The zero-order valence-corrected chi connectivity index (χ0v) is 27.7. The van der Waals surface area contributed by atoms with Crippen LogP contribution >= 0.6 is 35.1 Å². The lowest BCUT2D eigenvalue weighted by Gasteiger charge is -2.37. The Balaban J connectivity index is 1.16. The van der Waals surface area contributed by atoms with Crippen molar-refractivity contribution >= 4 is 52.4 Å². The molecule has 0 spiro atoms. The van der Waals surface area contributed by atoms with Gasteiger partial charge in [0.25, 0.3) is 0 Å². The molecule has 2 atom stereocenters. The molecule has 2 aromatic carbocycles. The number of alkyl halides is 1. The highest BCUT2D eigenvalue weighted by Crippen LogP contribution is 2.52. The lowest BCUT2D eigenvalue weighted by Crippen LogP contribution is -2.49. The number of hydrogen-bond donors (Lipinski definition) is 2. The van der Waals surface area contributed by atoms with Crippen LogP contribution in [0, 0.1) is 6.92 Å². The number of carbonyl (C=O) groups is 1. The number of nitrogens with zero attached hydrogens (tertiary/aromatic N) is 3. The van der Waals surface area contributed by atoms with E-state index in [0.29, 0.717) is 32.9 Å². The zero-order chi connectivity index (χ0) is 31.6. The summed E-state index contributed by atoms with van der Waals surface area (Å²) in [7, 11) is 0. The van der Waals surface area contributed by atoms with Crippen molar-refractivity contribution in [3.63, 3.8) is 0 Å². The Bertz CT molecular complexity index is 1800. The largest absolute Gasteiger partial charge is 0.378 e. The quantitative estimate of drug-likeness (QED) is 0.207. The number of H-pyrrole nitrogens is 1. The van der Waals surface area contributed by atoms with E-state index in [0.717, 1.165) is 66.6 Å². The zero-order valence-electron chi connectivity index (χ0n) is 25.3. The van der Waals surface area contributed by atoms with E-state index in [1.165, 1.54) is 0 Å². The first kappa shape index (κ1) is 31.1. The summed E-state index contributed by atoms with van der Waals surface area (Å²) in [5.74, 6) is -0.144. The van der Waals surface area contributed by atoms with Gasteiger partial charge < -0.3 is 29.6 Å². The van der Waals surface area contributed by atoms with Gasteiger partial charge in [0, 0.05) is 75.0 Å². The van der Waals surface area contributed by atoms with Crippen molar-refractivity contribution in [2.45, 2.75) is 38.7 Å². The van der Waals surface area contributed by atoms with E-state index in [-0.39, 0.29) is 29.5 Å². The van der Waals surface area contributed by atoms with Crippen molar-refractivity contribution in [2.24, 2.45) is 0 Å². The summed E-state index contributed by atoms with van der Waals surface area (Å²) in [6, 6.07) is 20.1. The monoisotopic (exact) mass is 675 g/mol. The molecule has 0 saturated carbocycles. The van der Waals surface area contributed by atoms with Gasteiger partial charge in [-0.1, -0.05) is 41.7 Å². The SMILES string of the molecule is Cc1ccc(C(Nc2ccc3c(c2)Sc2cccc(-c4cc(N5CCOCC5)cc(=O)[nH]4)c2S3)C2CN(C(=O)CCl)CCO2)nc1. The normalized spacial score (nSPS) is 18.4. The molecule has 2 N–H and O–H groups in total. The number of nitrogens with one attached hydrogen (secondary N) is 2. The molecule has 2 fully saturated rings. The maximum atomic E-state index is 12.7. The Labute approximate surface area is 281 Å². The number of ether oxygens (including phenoxy) is 2. The number of aryl methyl sites for hydroxylation is 1. The second-order valence-electron chi connectivity index (χ2n) is 11.5. The third-order valence-electron chi connectivity index (χ3n) is 8.36. The van der Waals surface area contributed by atoms with Gasteiger partial charge in [-0.25, -0.2) is 0 Å².